The van der Waals surface area contributed by atoms with Crippen LogP contribution in [0.4, 0.5) is 5.69 Å². The first kappa shape index (κ1) is 21.8. The molecule has 23 heavy (non-hydrogen) atoms. The third kappa shape index (κ3) is 11.0. The summed E-state index contributed by atoms with van der Waals surface area (Å²) in [7, 11) is -3.26. The Labute approximate surface area is 155 Å². The van der Waals surface area contributed by atoms with Crippen LogP contribution in [0.15, 0.2) is 29.3 Å². The number of anilines is 1. The van der Waals surface area contributed by atoms with Crippen molar-refractivity contribution >= 4 is 45.6 Å². The van der Waals surface area contributed by atoms with E-state index in [1.165, 1.54) is 0 Å². The summed E-state index contributed by atoms with van der Waals surface area (Å²) in [6.45, 7) is 3.81. The summed E-state index contributed by atoms with van der Waals surface area (Å²) in [6, 6.07) is 6.69. The Morgan fingerprint density at radius 3 is 2.52 bits per heavy atom. The largest absolute Gasteiger partial charge is 0.492 e. The van der Waals surface area contributed by atoms with E-state index in [1.807, 2.05) is 0 Å². The molecule has 0 fully saturated rings. The minimum atomic E-state index is -3.26. The van der Waals surface area contributed by atoms with Crippen molar-refractivity contribution in [2.45, 2.75) is 19.8 Å². The number of halogens is 1. The van der Waals surface area contributed by atoms with E-state index in [0.717, 1.165) is 25.6 Å². The van der Waals surface area contributed by atoms with Crippen LogP contribution < -0.4 is 20.5 Å². The topological polar surface area (TPSA) is 106 Å². The van der Waals surface area contributed by atoms with Gasteiger partial charge in [-0.2, -0.15) is 0 Å². The quantitative estimate of drug-likeness (QED) is 0.227. The third-order valence-electron chi connectivity index (χ3n) is 2.63. The van der Waals surface area contributed by atoms with Gasteiger partial charge < -0.3 is 15.8 Å². The number of benzene rings is 1. The van der Waals surface area contributed by atoms with Gasteiger partial charge in [0.15, 0.2) is 5.96 Å². The van der Waals surface area contributed by atoms with Crippen LogP contribution in [0.2, 0.25) is 0 Å². The van der Waals surface area contributed by atoms with Gasteiger partial charge in [-0.15, -0.1) is 24.0 Å². The van der Waals surface area contributed by atoms with Crippen molar-refractivity contribution in [3.8, 4) is 5.75 Å². The average Bonchev–Trinajstić information content (AvgIpc) is 2.44. The molecule has 0 heterocycles. The van der Waals surface area contributed by atoms with E-state index in [0.29, 0.717) is 30.5 Å². The fourth-order valence-corrected chi connectivity index (χ4v) is 2.16. The lowest BCUT2D eigenvalue weighted by Crippen LogP contribution is -2.34. The van der Waals surface area contributed by atoms with E-state index in [9.17, 15) is 8.42 Å². The Kier molecular flexibility index (Phi) is 10.7. The Bertz CT molecular complexity index is 576. The molecule has 0 unspecified atom stereocenters. The van der Waals surface area contributed by atoms with Crippen molar-refractivity contribution in [2.75, 3.05) is 30.7 Å². The number of hydrogen-bond acceptors (Lipinski definition) is 4. The van der Waals surface area contributed by atoms with Gasteiger partial charge in [-0.3, -0.25) is 9.71 Å². The maximum atomic E-state index is 11.1. The van der Waals surface area contributed by atoms with E-state index in [-0.39, 0.29) is 24.0 Å². The molecule has 1 rings (SSSR count). The van der Waals surface area contributed by atoms with E-state index >= 15 is 0 Å². The van der Waals surface area contributed by atoms with Crippen LogP contribution in [0.25, 0.3) is 0 Å². The van der Waals surface area contributed by atoms with Crippen LogP contribution in [-0.4, -0.2) is 40.3 Å². The smallest absolute Gasteiger partial charge is 0.229 e. The number of nitrogens with one attached hydrogen (secondary N) is 2. The number of sulfonamides is 1. The number of rotatable bonds is 9. The summed E-state index contributed by atoms with van der Waals surface area (Å²) in [5, 5.41) is 2.97. The second-order valence-corrected chi connectivity index (χ2v) is 6.54. The van der Waals surface area contributed by atoms with Crippen molar-refractivity contribution in [3.05, 3.63) is 24.3 Å². The molecule has 0 atom stereocenters. The van der Waals surface area contributed by atoms with E-state index in [1.54, 1.807) is 24.3 Å². The molecule has 9 heteroatoms. The van der Waals surface area contributed by atoms with Gasteiger partial charge in [-0.1, -0.05) is 13.3 Å². The molecule has 0 saturated heterocycles. The molecule has 0 radical (unpaired) electrons. The van der Waals surface area contributed by atoms with Crippen molar-refractivity contribution < 1.29 is 13.2 Å². The molecule has 132 valence electrons. The Hall–Kier alpha value is -1.23. The monoisotopic (exact) mass is 456 g/mol. The first-order chi connectivity index (χ1) is 10.4. The molecule has 7 nitrogen and oxygen atoms in total. The molecule has 0 aromatic heterocycles. The van der Waals surface area contributed by atoms with E-state index in [4.69, 9.17) is 10.5 Å². The molecule has 0 spiro atoms. The van der Waals surface area contributed by atoms with Gasteiger partial charge in [0.1, 0.15) is 12.4 Å². The lowest BCUT2D eigenvalue weighted by Gasteiger charge is -2.09. The number of nitrogens with zero attached hydrogens (tertiary/aromatic N) is 1. The summed E-state index contributed by atoms with van der Waals surface area (Å²) in [6.07, 6.45) is 3.21. The number of aliphatic imine (C=N–C) groups is 1. The second-order valence-electron chi connectivity index (χ2n) is 4.79. The lowest BCUT2D eigenvalue weighted by atomic mass is 10.3. The predicted octanol–water partition coefficient (Wildman–Crippen LogP) is 1.76. The number of guanidine groups is 1. The van der Waals surface area contributed by atoms with Crippen LogP contribution in [0.3, 0.4) is 0 Å². The van der Waals surface area contributed by atoms with Crippen LogP contribution in [0, 0.1) is 0 Å². The van der Waals surface area contributed by atoms with Crippen molar-refractivity contribution in [3.63, 3.8) is 0 Å². The van der Waals surface area contributed by atoms with Gasteiger partial charge in [-0.25, -0.2) is 8.42 Å². The second kappa shape index (κ2) is 11.3. The maximum Gasteiger partial charge on any atom is 0.229 e. The normalized spacial score (nSPS) is 11.5. The Morgan fingerprint density at radius 1 is 1.30 bits per heavy atom. The van der Waals surface area contributed by atoms with E-state index < -0.39 is 10.0 Å². The number of hydrogen-bond donors (Lipinski definition) is 3. The summed E-state index contributed by atoms with van der Waals surface area (Å²) in [5.74, 6) is 1.08. The molecule has 1 aromatic rings. The van der Waals surface area contributed by atoms with Gasteiger partial charge in [-0.05, 0) is 30.7 Å². The molecule has 0 saturated carbocycles. The highest BCUT2D eigenvalue weighted by Gasteiger charge is 2.01. The predicted molar refractivity (Wildman–Crippen MR) is 105 cm³/mol. The molecule has 0 aliphatic rings. The molecule has 0 aliphatic carbocycles. The van der Waals surface area contributed by atoms with Gasteiger partial charge in [0.2, 0.25) is 10.0 Å². The molecule has 1 aromatic carbocycles. The fourth-order valence-electron chi connectivity index (χ4n) is 1.59. The van der Waals surface area contributed by atoms with Crippen molar-refractivity contribution in [1.29, 1.82) is 0 Å². The lowest BCUT2D eigenvalue weighted by molar-refractivity contribution is 0.322. The van der Waals surface area contributed by atoms with Gasteiger partial charge in [0.05, 0.1) is 12.8 Å². The first-order valence-electron chi connectivity index (χ1n) is 7.15. The molecular weight excluding hydrogens is 431 g/mol. The molecule has 4 N–H and O–H groups in total. The summed E-state index contributed by atoms with van der Waals surface area (Å²) in [4.78, 5) is 4.17. The van der Waals surface area contributed by atoms with Crippen molar-refractivity contribution in [1.82, 2.24) is 5.32 Å². The molecule has 0 aliphatic heterocycles. The SMILES string of the molecule is CCCCN=C(N)NCCOc1ccc(NS(C)(=O)=O)cc1.I. The van der Waals surface area contributed by atoms with Crippen LogP contribution in [0.1, 0.15) is 19.8 Å². The minimum absolute atomic E-state index is 0. The van der Waals surface area contributed by atoms with E-state index in [2.05, 4.69) is 22.0 Å². The highest BCUT2D eigenvalue weighted by molar-refractivity contribution is 14.0. The Balaban J connectivity index is 0.00000484. The van der Waals surface area contributed by atoms with Crippen LogP contribution >= 0.6 is 24.0 Å². The van der Waals surface area contributed by atoms with Crippen LogP contribution in [-0.2, 0) is 10.0 Å². The molecule has 0 bridgehead atoms. The number of nitrogens with two attached hydrogens (primary N) is 1. The summed E-state index contributed by atoms with van der Waals surface area (Å²) in [5.41, 5.74) is 6.19. The van der Waals surface area contributed by atoms with Crippen molar-refractivity contribution in [2.24, 2.45) is 10.7 Å². The maximum absolute atomic E-state index is 11.1. The standard InChI is InChI=1S/C14H24N4O3S.HI/c1-3-4-9-16-14(15)17-10-11-21-13-7-5-12(6-8-13)18-22(2,19)20;/h5-8,18H,3-4,9-11H2,1-2H3,(H3,15,16,17);1H. The van der Waals surface area contributed by atoms with Gasteiger partial charge in [0.25, 0.3) is 0 Å². The summed E-state index contributed by atoms with van der Waals surface area (Å²) < 4.78 is 30.1. The first-order valence-corrected chi connectivity index (χ1v) is 9.04. The van der Waals surface area contributed by atoms with Gasteiger partial charge in [0, 0.05) is 12.2 Å². The third-order valence-corrected chi connectivity index (χ3v) is 3.23. The highest BCUT2D eigenvalue weighted by Crippen LogP contribution is 2.16. The summed E-state index contributed by atoms with van der Waals surface area (Å²) >= 11 is 0. The highest BCUT2D eigenvalue weighted by atomic mass is 127. The number of unbranched alkanes of at least 4 members (excludes halogenated alkanes) is 1. The Morgan fingerprint density at radius 2 is 1.96 bits per heavy atom. The zero-order chi connectivity index (χ0) is 16.4. The number of ether oxygens (including phenoxy) is 1. The van der Waals surface area contributed by atoms with Gasteiger partial charge >= 0.3 is 0 Å². The zero-order valence-electron chi connectivity index (χ0n) is 13.4. The fraction of sp³-hybridized carbons (Fsp3) is 0.500. The molecule has 0 amide bonds. The van der Waals surface area contributed by atoms with Crippen LogP contribution in [0.5, 0.6) is 5.75 Å². The average molecular weight is 456 g/mol. The minimum Gasteiger partial charge on any atom is -0.492 e. The molecular formula is C14H25IN4O3S. The zero-order valence-corrected chi connectivity index (χ0v) is 16.6.